The van der Waals surface area contributed by atoms with Crippen molar-refractivity contribution in [1.82, 2.24) is 5.32 Å². The second kappa shape index (κ2) is 7.29. The zero-order valence-corrected chi connectivity index (χ0v) is 10.0. The highest BCUT2D eigenvalue weighted by Gasteiger charge is 2.10. The van der Waals surface area contributed by atoms with E-state index < -0.39 is 0 Å². The summed E-state index contributed by atoms with van der Waals surface area (Å²) in [5.74, 6) is -0.0192. The number of nitrogens with one attached hydrogen (secondary N) is 1. The number of nitriles is 1. The van der Waals surface area contributed by atoms with Gasteiger partial charge in [0.1, 0.15) is 0 Å². The highest BCUT2D eigenvalue weighted by atomic mass is 16.2. The predicted octanol–water partition coefficient (Wildman–Crippen LogP) is 1.54. The maximum Gasteiger partial charge on any atom is 0.239 e. The number of carbonyl (C=O) groups excluding carboxylic acids is 1. The van der Waals surface area contributed by atoms with Crippen molar-refractivity contribution >= 4 is 11.6 Å². The van der Waals surface area contributed by atoms with Gasteiger partial charge in [0.2, 0.25) is 5.91 Å². The lowest BCUT2D eigenvalue weighted by molar-refractivity contribution is -0.119. The second-order valence-electron chi connectivity index (χ2n) is 3.62. The van der Waals surface area contributed by atoms with Crippen LogP contribution in [0.15, 0.2) is 30.3 Å². The summed E-state index contributed by atoms with van der Waals surface area (Å²) in [6.45, 7) is 3.37. The van der Waals surface area contributed by atoms with Gasteiger partial charge < -0.3 is 10.2 Å². The number of anilines is 1. The van der Waals surface area contributed by atoms with Crippen LogP contribution in [0.1, 0.15) is 13.3 Å². The van der Waals surface area contributed by atoms with Crippen LogP contribution in [0.3, 0.4) is 0 Å². The number of amides is 1. The van der Waals surface area contributed by atoms with Gasteiger partial charge >= 0.3 is 0 Å². The van der Waals surface area contributed by atoms with E-state index >= 15 is 0 Å². The SMILES string of the molecule is CCNC(=O)CN(CCC#N)c1ccccc1. The molecule has 4 nitrogen and oxygen atoms in total. The van der Waals surface area contributed by atoms with Crippen molar-refractivity contribution in [2.45, 2.75) is 13.3 Å². The minimum absolute atomic E-state index is 0.0192. The first kappa shape index (κ1) is 13.0. The molecular weight excluding hydrogens is 214 g/mol. The molecule has 0 aliphatic rings. The molecule has 0 spiro atoms. The molecule has 0 saturated heterocycles. The lowest BCUT2D eigenvalue weighted by Crippen LogP contribution is -2.37. The monoisotopic (exact) mass is 231 g/mol. The highest BCUT2D eigenvalue weighted by molar-refractivity contribution is 5.81. The normalized spacial score (nSPS) is 9.41. The first-order valence-corrected chi connectivity index (χ1v) is 5.71. The maximum absolute atomic E-state index is 11.6. The second-order valence-corrected chi connectivity index (χ2v) is 3.62. The fourth-order valence-electron chi connectivity index (χ4n) is 1.55. The van der Waals surface area contributed by atoms with E-state index in [1.54, 1.807) is 0 Å². The van der Waals surface area contributed by atoms with E-state index in [2.05, 4.69) is 11.4 Å². The number of rotatable bonds is 6. The van der Waals surface area contributed by atoms with Crippen molar-refractivity contribution in [3.63, 3.8) is 0 Å². The third-order valence-electron chi connectivity index (χ3n) is 2.32. The van der Waals surface area contributed by atoms with Crippen LogP contribution < -0.4 is 10.2 Å². The zero-order chi connectivity index (χ0) is 12.5. The molecule has 17 heavy (non-hydrogen) atoms. The van der Waals surface area contributed by atoms with E-state index in [-0.39, 0.29) is 5.91 Å². The Morgan fingerprint density at radius 1 is 1.41 bits per heavy atom. The van der Waals surface area contributed by atoms with Gasteiger partial charge in [0.25, 0.3) is 0 Å². The van der Waals surface area contributed by atoms with E-state index in [4.69, 9.17) is 5.26 Å². The Labute approximate surface area is 102 Å². The molecule has 0 fully saturated rings. The average molecular weight is 231 g/mol. The minimum atomic E-state index is -0.0192. The van der Waals surface area contributed by atoms with Crippen LogP contribution in [0.2, 0.25) is 0 Å². The Morgan fingerprint density at radius 3 is 2.71 bits per heavy atom. The van der Waals surface area contributed by atoms with Gasteiger partial charge in [-0.3, -0.25) is 4.79 Å². The molecule has 1 amide bonds. The molecule has 1 rings (SSSR count). The van der Waals surface area contributed by atoms with Crippen molar-refractivity contribution < 1.29 is 4.79 Å². The summed E-state index contributed by atoms with van der Waals surface area (Å²) in [5, 5.41) is 11.4. The largest absolute Gasteiger partial charge is 0.361 e. The van der Waals surface area contributed by atoms with Gasteiger partial charge in [0, 0.05) is 18.8 Å². The molecule has 0 aliphatic heterocycles. The maximum atomic E-state index is 11.6. The third-order valence-corrected chi connectivity index (χ3v) is 2.32. The molecule has 0 bridgehead atoms. The number of para-hydroxylation sites is 1. The van der Waals surface area contributed by atoms with E-state index in [1.165, 1.54) is 0 Å². The van der Waals surface area contributed by atoms with Gasteiger partial charge in [-0.05, 0) is 19.1 Å². The molecule has 0 aliphatic carbocycles. The van der Waals surface area contributed by atoms with Crippen LogP contribution in [-0.4, -0.2) is 25.5 Å². The van der Waals surface area contributed by atoms with Gasteiger partial charge in [0.15, 0.2) is 0 Å². The topological polar surface area (TPSA) is 56.1 Å². The third kappa shape index (κ3) is 4.56. The van der Waals surface area contributed by atoms with E-state index in [0.717, 1.165) is 5.69 Å². The van der Waals surface area contributed by atoms with Crippen LogP contribution >= 0.6 is 0 Å². The number of benzene rings is 1. The molecule has 0 aromatic heterocycles. The zero-order valence-electron chi connectivity index (χ0n) is 10.0. The van der Waals surface area contributed by atoms with E-state index in [9.17, 15) is 4.79 Å². The summed E-state index contributed by atoms with van der Waals surface area (Å²) in [5.41, 5.74) is 0.967. The molecule has 0 radical (unpaired) electrons. The number of hydrogen-bond donors (Lipinski definition) is 1. The van der Waals surface area contributed by atoms with Crippen LogP contribution in [0.25, 0.3) is 0 Å². The summed E-state index contributed by atoms with van der Waals surface area (Å²) in [4.78, 5) is 13.5. The Balaban J connectivity index is 2.67. The Hall–Kier alpha value is -2.02. The minimum Gasteiger partial charge on any atom is -0.361 e. The summed E-state index contributed by atoms with van der Waals surface area (Å²) < 4.78 is 0. The highest BCUT2D eigenvalue weighted by Crippen LogP contribution is 2.12. The molecule has 0 unspecified atom stereocenters. The number of nitrogens with zero attached hydrogens (tertiary/aromatic N) is 2. The van der Waals surface area contributed by atoms with Gasteiger partial charge in [-0.2, -0.15) is 5.26 Å². The van der Waals surface area contributed by atoms with Gasteiger partial charge in [-0.25, -0.2) is 0 Å². The summed E-state index contributed by atoms with van der Waals surface area (Å²) in [6.07, 6.45) is 0.411. The van der Waals surface area contributed by atoms with Crippen molar-refractivity contribution in [3.05, 3.63) is 30.3 Å². The van der Waals surface area contributed by atoms with Gasteiger partial charge in [0.05, 0.1) is 19.0 Å². The molecular formula is C13H17N3O. The lowest BCUT2D eigenvalue weighted by atomic mass is 10.2. The quantitative estimate of drug-likeness (QED) is 0.808. The first-order chi connectivity index (χ1) is 8.27. The standard InChI is InChI=1S/C13H17N3O/c1-2-15-13(17)11-16(10-6-9-14)12-7-4-3-5-8-12/h3-5,7-8H,2,6,10-11H2,1H3,(H,15,17). The predicted molar refractivity (Wildman–Crippen MR) is 67.6 cm³/mol. The lowest BCUT2D eigenvalue weighted by Gasteiger charge is -2.22. The number of likely N-dealkylation sites (N-methyl/N-ethyl adjacent to an activating group) is 1. The Kier molecular flexibility index (Phi) is 5.59. The van der Waals surface area contributed by atoms with Crippen molar-refractivity contribution in [2.75, 3.05) is 24.5 Å². The van der Waals surface area contributed by atoms with Gasteiger partial charge in [-0.1, -0.05) is 18.2 Å². The van der Waals surface area contributed by atoms with Crippen molar-refractivity contribution in [2.24, 2.45) is 0 Å². The molecule has 0 heterocycles. The van der Waals surface area contributed by atoms with Crippen LogP contribution in [-0.2, 0) is 4.79 Å². The van der Waals surface area contributed by atoms with Crippen molar-refractivity contribution in [3.8, 4) is 6.07 Å². The summed E-state index contributed by atoms with van der Waals surface area (Å²) in [6, 6.07) is 11.8. The molecule has 1 aromatic rings. The van der Waals surface area contributed by atoms with Crippen LogP contribution in [0.5, 0.6) is 0 Å². The van der Waals surface area contributed by atoms with Crippen LogP contribution in [0, 0.1) is 11.3 Å². The molecule has 0 atom stereocenters. The average Bonchev–Trinajstić information content (AvgIpc) is 2.36. The molecule has 4 heteroatoms. The first-order valence-electron chi connectivity index (χ1n) is 5.71. The molecule has 1 aromatic carbocycles. The van der Waals surface area contributed by atoms with E-state index in [0.29, 0.717) is 26.1 Å². The Bertz CT molecular complexity index is 383. The summed E-state index contributed by atoms with van der Waals surface area (Å²) >= 11 is 0. The Morgan fingerprint density at radius 2 is 2.12 bits per heavy atom. The fraction of sp³-hybridized carbons (Fsp3) is 0.385. The molecule has 90 valence electrons. The van der Waals surface area contributed by atoms with Crippen molar-refractivity contribution in [1.29, 1.82) is 5.26 Å². The fourth-order valence-corrected chi connectivity index (χ4v) is 1.55. The van der Waals surface area contributed by atoms with Crippen LogP contribution in [0.4, 0.5) is 5.69 Å². The number of carbonyl (C=O) groups is 1. The van der Waals surface area contributed by atoms with Gasteiger partial charge in [-0.15, -0.1) is 0 Å². The number of hydrogen-bond acceptors (Lipinski definition) is 3. The molecule has 0 saturated carbocycles. The smallest absolute Gasteiger partial charge is 0.239 e. The van der Waals surface area contributed by atoms with E-state index in [1.807, 2.05) is 42.2 Å². The summed E-state index contributed by atoms with van der Waals surface area (Å²) in [7, 11) is 0. The molecule has 1 N–H and O–H groups in total.